The molecule has 3 nitrogen and oxygen atoms in total. The number of hydrogen-bond acceptors (Lipinski definition) is 2. The number of aromatic nitrogens is 1. The molecule has 0 unspecified atom stereocenters. The highest BCUT2D eigenvalue weighted by Gasteiger charge is 2.20. The fourth-order valence-electron chi connectivity index (χ4n) is 2.15. The van der Waals surface area contributed by atoms with Gasteiger partial charge in [0.15, 0.2) is 5.78 Å². The van der Waals surface area contributed by atoms with Gasteiger partial charge in [-0.15, -0.1) is 0 Å². The van der Waals surface area contributed by atoms with Gasteiger partial charge in [-0.2, -0.15) is 0 Å². The zero-order valence-electron chi connectivity index (χ0n) is 9.70. The van der Waals surface area contributed by atoms with Gasteiger partial charge in [-0.3, -0.25) is 9.59 Å². The Hall–Kier alpha value is -1.35. The van der Waals surface area contributed by atoms with E-state index < -0.39 is 0 Å². The molecule has 1 aliphatic rings. The lowest BCUT2D eigenvalue weighted by Crippen LogP contribution is -2.28. The molecule has 0 saturated heterocycles. The Bertz CT molecular complexity index is 543. The van der Waals surface area contributed by atoms with Gasteiger partial charge in [-0.25, -0.2) is 0 Å². The van der Waals surface area contributed by atoms with Gasteiger partial charge in [0.1, 0.15) is 0 Å². The van der Waals surface area contributed by atoms with Gasteiger partial charge in [0.25, 0.3) is 5.56 Å². The van der Waals surface area contributed by atoms with Gasteiger partial charge in [0, 0.05) is 35.8 Å². The van der Waals surface area contributed by atoms with Crippen molar-refractivity contribution < 1.29 is 4.79 Å². The summed E-state index contributed by atoms with van der Waals surface area (Å²) in [6.07, 6.45) is 2.18. The van der Waals surface area contributed by atoms with Crippen LogP contribution >= 0.6 is 11.6 Å². The van der Waals surface area contributed by atoms with Crippen molar-refractivity contribution in [1.29, 1.82) is 0 Å². The molecule has 17 heavy (non-hydrogen) atoms. The first kappa shape index (κ1) is 12.1. The van der Waals surface area contributed by atoms with Crippen LogP contribution in [0.2, 0.25) is 0 Å². The van der Waals surface area contributed by atoms with E-state index in [0.29, 0.717) is 18.5 Å². The summed E-state index contributed by atoms with van der Waals surface area (Å²) in [7, 11) is 0. The third-order valence-corrected chi connectivity index (χ3v) is 3.38. The van der Waals surface area contributed by atoms with Crippen LogP contribution in [0.15, 0.2) is 28.0 Å². The molecule has 90 valence electrons. The molecule has 0 aromatic carbocycles. The Morgan fingerprint density at radius 1 is 1.41 bits per heavy atom. The van der Waals surface area contributed by atoms with E-state index in [0.717, 1.165) is 24.1 Å². The third kappa shape index (κ3) is 2.34. The van der Waals surface area contributed by atoms with Crippen LogP contribution in [0.4, 0.5) is 0 Å². The molecular weight excluding hydrogens is 238 g/mol. The molecular formula is C13H14ClNO2. The molecule has 0 fully saturated rings. The summed E-state index contributed by atoms with van der Waals surface area (Å²) in [6.45, 7) is 2.32. The Morgan fingerprint density at radius 3 is 2.88 bits per heavy atom. The van der Waals surface area contributed by atoms with E-state index in [9.17, 15) is 9.59 Å². The number of hydrogen-bond donors (Lipinski definition) is 0. The fourth-order valence-corrected chi connectivity index (χ4v) is 2.22. The summed E-state index contributed by atoms with van der Waals surface area (Å²) in [5, 5.41) is 0. The van der Waals surface area contributed by atoms with E-state index >= 15 is 0 Å². The largest absolute Gasteiger partial charge is 0.308 e. The Morgan fingerprint density at radius 2 is 2.18 bits per heavy atom. The van der Waals surface area contributed by atoms with Crippen molar-refractivity contribution in [2.45, 2.75) is 32.7 Å². The van der Waals surface area contributed by atoms with E-state index in [1.165, 1.54) is 11.6 Å². The number of rotatable bonds is 2. The topological polar surface area (TPSA) is 39.1 Å². The van der Waals surface area contributed by atoms with E-state index in [4.69, 9.17) is 11.6 Å². The molecule has 0 spiro atoms. The number of ketones is 1. The highest BCUT2D eigenvalue weighted by atomic mass is 35.5. The molecule has 0 aliphatic heterocycles. The van der Waals surface area contributed by atoms with Crippen LogP contribution in [0.3, 0.4) is 0 Å². The summed E-state index contributed by atoms with van der Waals surface area (Å²) in [4.78, 5) is 23.6. The molecule has 2 rings (SSSR count). The maximum atomic E-state index is 11.8. The molecule has 0 radical (unpaired) electrons. The van der Waals surface area contributed by atoms with E-state index in [-0.39, 0.29) is 11.3 Å². The van der Waals surface area contributed by atoms with Crippen LogP contribution in [0.1, 0.15) is 35.8 Å². The maximum Gasteiger partial charge on any atom is 0.251 e. The van der Waals surface area contributed by atoms with Crippen LogP contribution in [-0.4, -0.2) is 10.4 Å². The molecule has 4 heteroatoms. The number of allylic oxidation sites excluding steroid dienone is 1. The molecule has 0 saturated carbocycles. The van der Waals surface area contributed by atoms with Crippen LogP contribution in [0.5, 0.6) is 0 Å². The standard InChI is InChI=1S/C13H14ClNO2/c1-9(7-14)8-15-11-3-2-4-12(16)10(11)5-6-13(15)17/h5-7H,2-4,8H2,1H3/b9-7-. The van der Waals surface area contributed by atoms with Crippen molar-refractivity contribution in [3.05, 3.63) is 44.9 Å². The molecule has 1 heterocycles. The first-order valence-electron chi connectivity index (χ1n) is 5.65. The smallest absolute Gasteiger partial charge is 0.251 e. The summed E-state index contributed by atoms with van der Waals surface area (Å²) < 4.78 is 1.65. The van der Waals surface area contributed by atoms with Crippen molar-refractivity contribution >= 4 is 17.4 Å². The van der Waals surface area contributed by atoms with Crippen LogP contribution < -0.4 is 5.56 Å². The summed E-state index contributed by atoms with van der Waals surface area (Å²) in [5.41, 5.74) is 3.84. The Balaban J connectivity index is 2.54. The lowest BCUT2D eigenvalue weighted by atomic mass is 9.94. The average Bonchev–Trinajstić information content (AvgIpc) is 2.33. The lowest BCUT2D eigenvalue weighted by molar-refractivity contribution is 0.0970. The lowest BCUT2D eigenvalue weighted by Gasteiger charge is -2.19. The summed E-state index contributed by atoms with van der Waals surface area (Å²) in [6, 6.07) is 3.11. The average molecular weight is 252 g/mol. The highest BCUT2D eigenvalue weighted by Crippen LogP contribution is 2.20. The minimum absolute atomic E-state index is 0.0729. The van der Waals surface area contributed by atoms with Crippen molar-refractivity contribution in [1.82, 2.24) is 4.57 Å². The van der Waals surface area contributed by atoms with Crippen molar-refractivity contribution in [3.63, 3.8) is 0 Å². The van der Waals surface area contributed by atoms with Crippen molar-refractivity contribution in [2.24, 2.45) is 0 Å². The van der Waals surface area contributed by atoms with Crippen LogP contribution in [0.25, 0.3) is 0 Å². The van der Waals surface area contributed by atoms with Gasteiger partial charge in [0.2, 0.25) is 0 Å². The van der Waals surface area contributed by atoms with Gasteiger partial charge in [-0.05, 0) is 31.4 Å². The number of carbonyl (C=O) groups is 1. The number of pyridine rings is 1. The Labute approximate surface area is 105 Å². The predicted octanol–water partition coefficient (Wildman–Crippen LogP) is 2.51. The van der Waals surface area contributed by atoms with Gasteiger partial charge < -0.3 is 4.57 Å². The normalized spacial score (nSPS) is 15.9. The second kappa shape index (κ2) is 4.88. The van der Waals surface area contributed by atoms with Crippen molar-refractivity contribution in [2.75, 3.05) is 0 Å². The zero-order chi connectivity index (χ0) is 12.4. The van der Waals surface area contributed by atoms with Gasteiger partial charge >= 0.3 is 0 Å². The van der Waals surface area contributed by atoms with Crippen molar-refractivity contribution in [3.8, 4) is 0 Å². The molecule has 0 amide bonds. The molecule has 0 bridgehead atoms. The second-order valence-corrected chi connectivity index (χ2v) is 4.57. The van der Waals surface area contributed by atoms with E-state index in [1.54, 1.807) is 10.6 Å². The Kier molecular flexibility index (Phi) is 3.48. The molecule has 0 N–H and O–H groups in total. The number of Topliss-reactive ketones (excluding diaryl/α,β-unsaturated/α-hetero) is 1. The predicted molar refractivity (Wildman–Crippen MR) is 67.6 cm³/mol. The molecule has 0 atom stereocenters. The van der Waals surface area contributed by atoms with E-state index in [1.807, 2.05) is 6.92 Å². The second-order valence-electron chi connectivity index (χ2n) is 4.35. The first-order valence-corrected chi connectivity index (χ1v) is 6.09. The van der Waals surface area contributed by atoms with Crippen LogP contribution in [0, 0.1) is 0 Å². The van der Waals surface area contributed by atoms with Gasteiger partial charge in [-0.1, -0.05) is 11.6 Å². The quantitative estimate of drug-likeness (QED) is 0.810. The number of carbonyl (C=O) groups excluding carboxylic acids is 1. The fraction of sp³-hybridized carbons (Fsp3) is 0.385. The minimum atomic E-state index is -0.0729. The van der Waals surface area contributed by atoms with Gasteiger partial charge in [0.05, 0.1) is 0 Å². The number of nitrogens with zero attached hydrogens (tertiary/aromatic N) is 1. The van der Waals surface area contributed by atoms with Crippen LogP contribution in [-0.2, 0) is 13.0 Å². The maximum absolute atomic E-state index is 11.8. The number of halogens is 1. The number of fused-ring (bicyclic) bond motifs is 1. The summed E-state index contributed by atoms with van der Waals surface area (Å²) in [5.74, 6) is 0.132. The molecule has 1 aromatic rings. The summed E-state index contributed by atoms with van der Waals surface area (Å²) >= 11 is 5.62. The SMILES string of the molecule is C/C(=C/Cl)Cn1c2c(ccc1=O)C(=O)CCC2. The first-order chi connectivity index (χ1) is 8.13. The zero-order valence-corrected chi connectivity index (χ0v) is 10.5. The third-order valence-electron chi connectivity index (χ3n) is 3.01. The highest BCUT2D eigenvalue weighted by molar-refractivity contribution is 6.25. The molecule has 1 aromatic heterocycles. The monoisotopic (exact) mass is 251 g/mol. The minimum Gasteiger partial charge on any atom is -0.308 e. The van der Waals surface area contributed by atoms with E-state index in [2.05, 4.69) is 0 Å². The molecule has 1 aliphatic carbocycles.